The minimum absolute atomic E-state index is 0.153. The Kier molecular flexibility index (Phi) is 11.2. The molecule has 3 atom stereocenters. The van der Waals surface area contributed by atoms with Gasteiger partial charge in [0.25, 0.3) is 0 Å². The predicted octanol–water partition coefficient (Wildman–Crippen LogP) is 2.63. The molecule has 0 fully saturated rings. The van der Waals surface area contributed by atoms with Gasteiger partial charge in [0.2, 0.25) is 23.6 Å². The van der Waals surface area contributed by atoms with Crippen LogP contribution in [0.1, 0.15) is 45.2 Å². The molecule has 1 aliphatic heterocycles. The van der Waals surface area contributed by atoms with E-state index in [0.717, 1.165) is 11.1 Å². The molecule has 0 spiro atoms. The summed E-state index contributed by atoms with van der Waals surface area (Å²) >= 11 is 0. The average Bonchev–Trinajstić information content (AvgIpc) is 2.97. The lowest BCUT2D eigenvalue weighted by Gasteiger charge is -2.36. The molecule has 0 aromatic heterocycles. The molecule has 2 aromatic rings. The van der Waals surface area contributed by atoms with Crippen molar-refractivity contribution in [3.8, 4) is 0 Å². The third kappa shape index (κ3) is 9.01. The Morgan fingerprint density at radius 2 is 1.46 bits per heavy atom. The lowest BCUT2D eigenvalue weighted by atomic mass is 9.86. The van der Waals surface area contributed by atoms with Crippen molar-refractivity contribution in [1.29, 1.82) is 0 Å². The van der Waals surface area contributed by atoms with Gasteiger partial charge in [0.05, 0.1) is 12.6 Å². The second kappa shape index (κ2) is 14.6. The van der Waals surface area contributed by atoms with E-state index in [1.54, 1.807) is 31.3 Å². The van der Waals surface area contributed by atoms with Crippen LogP contribution in [0.5, 0.6) is 0 Å². The molecule has 1 aliphatic rings. The van der Waals surface area contributed by atoms with Gasteiger partial charge >= 0.3 is 0 Å². The molecule has 0 unspecified atom stereocenters. The average molecular weight is 562 g/mol. The van der Waals surface area contributed by atoms with Crippen LogP contribution < -0.4 is 16.0 Å². The summed E-state index contributed by atoms with van der Waals surface area (Å²) in [5.41, 5.74) is 1.61. The molecule has 4 amide bonds. The van der Waals surface area contributed by atoms with E-state index in [4.69, 9.17) is 0 Å². The third-order valence-corrected chi connectivity index (χ3v) is 7.29. The molecule has 0 bridgehead atoms. The second-order valence-corrected chi connectivity index (χ2v) is 11.4. The van der Waals surface area contributed by atoms with Gasteiger partial charge in [-0.1, -0.05) is 81.4 Å². The molecule has 0 saturated carbocycles. The van der Waals surface area contributed by atoms with Crippen molar-refractivity contribution in [2.24, 2.45) is 5.41 Å². The minimum Gasteiger partial charge on any atom is -0.345 e. The molecule has 220 valence electrons. The molecule has 3 N–H and O–H groups in total. The summed E-state index contributed by atoms with van der Waals surface area (Å²) in [6, 6.07) is 17.8. The topological polar surface area (TPSA) is 111 Å². The summed E-state index contributed by atoms with van der Waals surface area (Å²) in [6.45, 7) is 7.44. The molecule has 2 aromatic carbocycles. The van der Waals surface area contributed by atoms with Gasteiger partial charge < -0.3 is 25.8 Å². The Morgan fingerprint density at radius 1 is 0.878 bits per heavy atom. The summed E-state index contributed by atoms with van der Waals surface area (Å²) in [7, 11) is 1.67. The first-order chi connectivity index (χ1) is 19.5. The van der Waals surface area contributed by atoms with E-state index in [9.17, 15) is 19.2 Å². The molecule has 41 heavy (non-hydrogen) atoms. The molecule has 3 rings (SSSR count). The van der Waals surface area contributed by atoms with Crippen LogP contribution in [-0.2, 0) is 32.0 Å². The van der Waals surface area contributed by atoms with Gasteiger partial charge in [-0.15, -0.1) is 0 Å². The fourth-order valence-electron chi connectivity index (χ4n) is 4.62. The highest BCUT2D eigenvalue weighted by Crippen LogP contribution is 2.21. The zero-order chi connectivity index (χ0) is 30.0. The zero-order valence-corrected chi connectivity index (χ0v) is 24.7. The number of carbonyl (C=O) groups excluding carboxylic acids is 4. The van der Waals surface area contributed by atoms with Crippen LogP contribution in [0, 0.1) is 5.41 Å². The van der Waals surface area contributed by atoms with E-state index in [2.05, 4.69) is 16.0 Å². The number of hydrogen-bond acceptors (Lipinski definition) is 5. The number of hydrogen-bond donors (Lipinski definition) is 3. The maximum Gasteiger partial charge on any atom is 0.249 e. The van der Waals surface area contributed by atoms with Crippen LogP contribution in [0.3, 0.4) is 0 Å². The van der Waals surface area contributed by atoms with Crippen LogP contribution in [0.15, 0.2) is 73.1 Å². The van der Waals surface area contributed by atoms with E-state index in [0.29, 0.717) is 25.8 Å². The number of nitrogens with zero attached hydrogens (tertiary/aromatic N) is 2. The fraction of sp³-hybridized carbons (Fsp3) is 0.438. The Labute approximate surface area is 243 Å². The van der Waals surface area contributed by atoms with Crippen molar-refractivity contribution >= 4 is 23.6 Å². The largest absolute Gasteiger partial charge is 0.345 e. The first kappa shape index (κ1) is 31.5. The first-order valence-corrected chi connectivity index (χ1v) is 14.1. The third-order valence-electron chi connectivity index (χ3n) is 7.29. The molecule has 9 heteroatoms. The summed E-state index contributed by atoms with van der Waals surface area (Å²) < 4.78 is 0. The van der Waals surface area contributed by atoms with Crippen LogP contribution in [0.25, 0.3) is 0 Å². The smallest absolute Gasteiger partial charge is 0.249 e. The summed E-state index contributed by atoms with van der Waals surface area (Å²) in [5, 5.41) is 8.34. The van der Waals surface area contributed by atoms with Gasteiger partial charge in [-0.05, 0) is 49.8 Å². The molecular weight excluding hydrogens is 518 g/mol. The molecule has 0 aliphatic carbocycles. The predicted molar refractivity (Wildman–Crippen MR) is 159 cm³/mol. The first-order valence-electron chi connectivity index (χ1n) is 14.1. The number of aryl methyl sites for hydroxylation is 1. The van der Waals surface area contributed by atoms with Crippen molar-refractivity contribution in [2.45, 2.75) is 65.1 Å². The summed E-state index contributed by atoms with van der Waals surface area (Å²) in [5.74, 6) is -1.32. The van der Waals surface area contributed by atoms with Gasteiger partial charge in [0.1, 0.15) is 12.1 Å². The van der Waals surface area contributed by atoms with Crippen molar-refractivity contribution in [3.05, 3.63) is 84.2 Å². The van der Waals surface area contributed by atoms with Crippen molar-refractivity contribution in [2.75, 3.05) is 20.1 Å². The quantitative estimate of drug-likeness (QED) is 0.369. The van der Waals surface area contributed by atoms with Gasteiger partial charge in [0.15, 0.2) is 0 Å². The standard InChI is InChI=1S/C32H43N5O4/c1-23(33-5)29(39)35-28(32(2,3)4)30(40)34-22-27(38)37-21-20-36(19-18-25-14-10-7-11-15-25)31(41)26(37)17-16-24-12-8-6-9-13-24/h6-15,20-21,23,26,28,33H,16-19,22H2,1-5H3,(H,34,40)(H,35,39)/t23-,26-,28+/m0/s1. The highest BCUT2D eigenvalue weighted by atomic mass is 16.2. The van der Waals surface area contributed by atoms with E-state index < -0.39 is 35.4 Å². The van der Waals surface area contributed by atoms with Crippen LogP contribution in [-0.4, -0.2) is 71.7 Å². The number of likely N-dealkylation sites (N-methyl/N-ethyl adjacent to an activating group) is 1. The molecule has 9 nitrogen and oxygen atoms in total. The Hall–Kier alpha value is -3.98. The van der Waals surface area contributed by atoms with E-state index >= 15 is 0 Å². The van der Waals surface area contributed by atoms with E-state index in [1.165, 1.54) is 4.90 Å². The Morgan fingerprint density at radius 3 is 2.02 bits per heavy atom. The molecule has 0 radical (unpaired) electrons. The second-order valence-electron chi connectivity index (χ2n) is 11.4. The van der Waals surface area contributed by atoms with Gasteiger partial charge in [-0.25, -0.2) is 0 Å². The normalized spacial score (nSPS) is 16.7. The highest BCUT2D eigenvalue weighted by Gasteiger charge is 2.36. The van der Waals surface area contributed by atoms with Gasteiger partial charge in [-0.3, -0.25) is 19.2 Å². The molecular formula is C32H43N5O4. The van der Waals surface area contributed by atoms with Crippen LogP contribution >= 0.6 is 0 Å². The number of carbonyl (C=O) groups is 4. The number of benzene rings is 2. The molecule has 0 saturated heterocycles. The fourth-order valence-corrected chi connectivity index (χ4v) is 4.62. The highest BCUT2D eigenvalue weighted by molar-refractivity contribution is 5.94. The zero-order valence-electron chi connectivity index (χ0n) is 24.7. The minimum atomic E-state index is -0.848. The SMILES string of the molecule is CN[C@@H](C)C(=O)N[C@H](C(=O)NCC(=O)N1C=CN(CCc2ccccc2)C(=O)[C@@H]1CCc1ccccc1)C(C)(C)C. The Balaban J connectivity index is 1.71. The van der Waals surface area contributed by atoms with E-state index in [-0.39, 0.29) is 18.4 Å². The van der Waals surface area contributed by atoms with Gasteiger partial charge in [0, 0.05) is 18.9 Å². The lowest BCUT2D eigenvalue weighted by Crippen LogP contribution is -2.58. The molecule has 1 heterocycles. The maximum atomic E-state index is 13.6. The summed E-state index contributed by atoms with van der Waals surface area (Å²) in [4.78, 5) is 55.7. The number of nitrogens with one attached hydrogen (secondary N) is 3. The Bertz CT molecular complexity index is 1210. The maximum absolute atomic E-state index is 13.6. The number of amides is 4. The van der Waals surface area contributed by atoms with Crippen molar-refractivity contribution in [3.63, 3.8) is 0 Å². The van der Waals surface area contributed by atoms with Gasteiger partial charge in [-0.2, -0.15) is 0 Å². The lowest BCUT2D eigenvalue weighted by molar-refractivity contribution is -0.144. The summed E-state index contributed by atoms with van der Waals surface area (Å²) in [6.07, 6.45) is 5.03. The monoisotopic (exact) mass is 561 g/mol. The van der Waals surface area contributed by atoms with E-state index in [1.807, 2.05) is 81.4 Å². The number of rotatable bonds is 12. The van der Waals surface area contributed by atoms with Crippen molar-refractivity contribution < 1.29 is 19.2 Å². The van der Waals surface area contributed by atoms with Crippen LogP contribution in [0.2, 0.25) is 0 Å². The van der Waals surface area contributed by atoms with Crippen LogP contribution in [0.4, 0.5) is 0 Å². The van der Waals surface area contributed by atoms with Crippen molar-refractivity contribution in [1.82, 2.24) is 25.8 Å².